The maximum atomic E-state index is 14.9. The topological polar surface area (TPSA) is 43.6 Å². The minimum atomic E-state index is -0.377. The van der Waals surface area contributed by atoms with Crippen molar-refractivity contribution in [1.82, 2.24) is 19.5 Å². The molecule has 0 aliphatic carbocycles. The van der Waals surface area contributed by atoms with Crippen molar-refractivity contribution in [3.8, 4) is 11.3 Å². The third-order valence-corrected chi connectivity index (χ3v) is 3.87. The molecule has 0 N–H and O–H groups in total. The van der Waals surface area contributed by atoms with Crippen LogP contribution in [-0.2, 0) is 0 Å². The SMILES string of the molecule is Cc1cnc(Cl)nc1-c1ccc2c(nc(C)n2C(C)C)c1F. The molecule has 2 heterocycles. The van der Waals surface area contributed by atoms with Gasteiger partial charge in [0.25, 0.3) is 0 Å². The van der Waals surface area contributed by atoms with Gasteiger partial charge in [0.05, 0.1) is 11.2 Å². The Labute approximate surface area is 133 Å². The van der Waals surface area contributed by atoms with Gasteiger partial charge in [-0.1, -0.05) is 0 Å². The Morgan fingerprint density at radius 3 is 2.59 bits per heavy atom. The smallest absolute Gasteiger partial charge is 0.222 e. The fourth-order valence-corrected chi connectivity index (χ4v) is 2.91. The highest BCUT2D eigenvalue weighted by Gasteiger charge is 2.19. The number of nitrogens with zero attached hydrogens (tertiary/aromatic N) is 4. The maximum Gasteiger partial charge on any atom is 0.222 e. The molecule has 0 bridgehead atoms. The van der Waals surface area contributed by atoms with Gasteiger partial charge in [-0.15, -0.1) is 0 Å². The number of benzene rings is 1. The van der Waals surface area contributed by atoms with Gasteiger partial charge in [0.1, 0.15) is 11.3 Å². The molecule has 0 unspecified atom stereocenters. The summed E-state index contributed by atoms with van der Waals surface area (Å²) in [5, 5.41) is 0.101. The number of fused-ring (bicyclic) bond motifs is 1. The van der Waals surface area contributed by atoms with Gasteiger partial charge in [-0.25, -0.2) is 19.3 Å². The van der Waals surface area contributed by atoms with Crippen LogP contribution in [0.3, 0.4) is 0 Å². The standard InChI is InChI=1S/C16H16ClFN4/c1-8(2)22-10(4)20-15-12(22)6-5-11(13(15)18)14-9(3)7-19-16(17)21-14/h5-8H,1-4H3. The second-order valence-electron chi connectivity index (χ2n) is 5.59. The largest absolute Gasteiger partial charge is 0.326 e. The highest BCUT2D eigenvalue weighted by atomic mass is 35.5. The van der Waals surface area contributed by atoms with Crippen LogP contribution in [0.5, 0.6) is 0 Å². The van der Waals surface area contributed by atoms with Gasteiger partial charge in [0.15, 0.2) is 5.82 Å². The Hall–Kier alpha value is -2.01. The molecule has 0 aliphatic rings. The van der Waals surface area contributed by atoms with E-state index in [1.165, 1.54) is 0 Å². The molecule has 114 valence electrons. The van der Waals surface area contributed by atoms with E-state index in [2.05, 4.69) is 15.0 Å². The van der Waals surface area contributed by atoms with Crippen molar-refractivity contribution in [2.75, 3.05) is 0 Å². The zero-order chi connectivity index (χ0) is 16.0. The first-order valence-electron chi connectivity index (χ1n) is 7.06. The third kappa shape index (κ3) is 2.25. The van der Waals surface area contributed by atoms with Crippen molar-refractivity contribution in [3.63, 3.8) is 0 Å². The lowest BCUT2D eigenvalue weighted by atomic mass is 10.1. The summed E-state index contributed by atoms with van der Waals surface area (Å²) in [6.07, 6.45) is 1.59. The lowest BCUT2D eigenvalue weighted by Crippen LogP contribution is -2.02. The summed E-state index contributed by atoms with van der Waals surface area (Å²) in [5.74, 6) is 0.413. The molecule has 0 saturated heterocycles. The Morgan fingerprint density at radius 1 is 1.18 bits per heavy atom. The van der Waals surface area contributed by atoms with E-state index < -0.39 is 0 Å². The van der Waals surface area contributed by atoms with E-state index >= 15 is 0 Å². The monoisotopic (exact) mass is 318 g/mol. The molecule has 22 heavy (non-hydrogen) atoms. The summed E-state index contributed by atoms with van der Waals surface area (Å²) in [7, 11) is 0. The molecule has 0 atom stereocenters. The highest BCUT2D eigenvalue weighted by Crippen LogP contribution is 2.31. The van der Waals surface area contributed by atoms with Crippen molar-refractivity contribution >= 4 is 22.6 Å². The van der Waals surface area contributed by atoms with E-state index in [-0.39, 0.29) is 17.1 Å². The number of halogens is 2. The summed E-state index contributed by atoms with van der Waals surface area (Å²) in [6, 6.07) is 3.82. The molecule has 0 radical (unpaired) electrons. The number of rotatable bonds is 2. The van der Waals surface area contributed by atoms with Gasteiger partial charge in [0, 0.05) is 17.8 Å². The average Bonchev–Trinajstić information content (AvgIpc) is 2.79. The normalized spacial score (nSPS) is 11.6. The average molecular weight is 319 g/mol. The summed E-state index contributed by atoms with van der Waals surface area (Å²) < 4.78 is 17.0. The Kier molecular flexibility index (Phi) is 3.60. The molecular weight excluding hydrogens is 303 g/mol. The van der Waals surface area contributed by atoms with Crippen LogP contribution in [0.1, 0.15) is 31.3 Å². The molecule has 6 heteroatoms. The predicted octanol–water partition coefficient (Wildman–Crippen LogP) is 4.48. The Morgan fingerprint density at radius 2 is 1.91 bits per heavy atom. The van der Waals surface area contributed by atoms with Crippen LogP contribution in [0.4, 0.5) is 4.39 Å². The molecule has 3 rings (SSSR count). The summed E-state index contributed by atoms with van der Waals surface area (Å²) >= 11 is 5.84. The van der Waals surface area contributed by atoms with Crippen molar-refractivity contribution in [2.24, 2.45) is 0 Å². The van der Waals surface area contributed by atoms with Gasteiger partial charge in [-0.3, -0.25) is 0 Å². The van der Waals surface area contributed by atoms with E-state index in [0.29, 0.717) is 16.8 Å². The summed E-state index contributed by atoms with van der Waals surface area (Å²) in [6.45, 7) is 7.81. The summed E-state index contributed by atoms with van der Waals surface area (Å²) in [4.78, 5) is 12.4. The van der Waals surface area contributed by atoms with Crippen LogP contribution < -0.4 is 0 Å². The van der Waals surface area contributed by atoms with E-state index in [0.717, 1.165) is 16.9 Å². The van der Waals surface area contributed by atoms with Gasteiger partial charge in [0.2, 0.25) is 5.28 Å². The molecule has 0 saturated carbocycles. The van der Waals surface area contributed by atoms with Gasteiger partial charge in [-0.2, -0.15) is 0 Å². The first-order chi connectivity index (χ1) is 10.4. The van der Waals surface area contributed by atoms with Crippen LogP contribution in [0.2, 0.25) is 5.28 Å². The van der Waals surface area contributed by atoms with E-state index in [9.17, 15) is 4.39 Å². The number of imidazole rings is 1. The number of hydrogen-bond acceptors (Lipinski definition) is 3. The molecule has 0 spiro atoms. The van der Waals surface area contributed by atoms with Crippen LogP contribution in [0.25, 0.3) is 22.3 Å². The number of aromatic nitrogens is 4. The van der Waals surface area contributed by atoms with Gasteiger partial charge in [-0.05, 0) is 57.0 Å². The molecular formula is C16H16ClFN4. The van der Waals surface area contributed by atoms with Crippen LogP contribution in [0, 0.1) is 19.7 Å². The molecule has 0 amide bonds. The second-order valence-corrected chi connectivity index (χ2v) is 5.93. The number of aryl methyl sites for hydroxylation is 2. The molecule has 3 aromatic rings. The van der Waals surface area contributed by atoms with Crippen LogP contribution in [0.15, 0.2) is 18.3 Å². The van der Waals surface area contributed by atoms with Crippen molar-refractivity contribution < 1.29 is 4.39 Å². The predicted molar refractivity (Wildman–Crippen MR) is 85.6 cm³/mol. The maximum absolute atomic E-state index is 14.9. The lowest BCUT2D eigenvalue weighted by molar-refractivity contribution is 0.600. The third-order valence-electron chi connectivity index (χ3n) is 3.69. The van der Waals surface area contributed by atoms with Crippen LogP contribution >= 0.6 is 11.6 Å². The fraction of sp³-hybridized carbons (Fsp3) is 0.312. The Bertz CT molecular complexity index is 870. The molecule has 2 aromatic heterocycles. The highest BCUT2D eigenvalue weighted by molar-refractivity contribution is 6.28. The van der Waals surface area contributed by atoms with Crippen molar-refractivity contribution in [2.45, 2.75) is 33.7 Å². The molecule has 1 aromatic carbocycles. The second kappa shape index (κ2) is 5.32. The zero-order valence-electron chi connectivity index (χ0n) is 12.9. The first kappa shape index (κ1) is 14.9. The molecule has 4 nitrogen and oxygen atoms in total. The first-order valence-corrected chi connectivity index (χ1v) is 7.44. The van der Waals surface area contributed by atoms with E-state index in [1.54, 1.807) is 12.3 Å². The molecule has 0 aliphatic heterocycles. The minimum Gasteiger partial charge on any atom is -0.326 e. The molecule has 0 fully saturated rings. The van der Waals surface area contributed by atoms with Gasteiger partial charge < -0.3 is 4.57 Å². The zero-order valence-corrected chi connectivity index (χ0v) is 13.6. The Balaban J connectivity index is 2.30. The van der Waals surface area contributed by atoms with Gasteiger partial charge >= 0.3 is 0 Å². The van der Waals surface area contributed by atoms with E-state index in [1.807, 2.05) is 38.3 Å². The fourth-order valence-electron chi connectivity index (χ4n) is 2.77. The van der Waals surface area contributed by atoms with Crippen molar-refractivity contribution in [3.05, 3.63) is 40.8 Å². The summed E-state index contributed by atoms with van der Waals surface area (Å²) in [5.41, 5.74) is 2.80. The van der Waals surface area contributed by atoms with Crippen molar-refractivity contribution in [1.29, 1.82) is 0 Å². The van der Waals surface area contributed by atoms with E-state index in [4.69, 9.17) is 11.6 Å². The van der Waals surface area contributed by atoms with Crippen LogP contribution in [-0.4, -0.2) is 19.5 Å². The number of hydrogen-bond donors (Lipinski definition) is 0. The quantitative estimate of drug-likeness (QED) is 0.654. The lowest BCUT2D eigenvalue weighted by Gasteiger charge is -2.11. The minimum absolute atomic E-state index is 0.101.